The lowest BCUT2D eigenvalue weighted by molar-refractivity contribution is 0.233. The van der Waals surface area contributed by atoms with Gasteiger partial charge in [0, 0.05) is 38.2 Å². The molecule has 1 aliphatic rings. The normalized spacial score (nSPS) is 15.1. The van der Waals surface area contributed by atoms with E-state index in [0.29, 0.717) is 23.5 Å². The van der Waals surface area contributed by atoms with Gasteiger partial charge in [0.15, 0.2) is 11.6 Å². The Balaban J connectivity index is 1.03. The van der Waals surface area contributed by atoms with Gasteiger partial charge in [0.25, 0.3) is 0 Å². The molecule has 0 radical (unpaired) electrons. The van der Waals surface area contributed by atoms with Crippen LogP contribution in [0.15, 0.2) is 212 Å². The predicted molar refractivity (Wildman–Crippen MR) is 296 cm³/mol. The number of aromatic nitrogens is 5. The molecule has 0 saturated carbocycles. The average Bonchev–Trinajstić information content (AvgIpc) is 3.91. The second-order valence-corrected chi connectivity index (χ2v) is 20.7. The highest BCUT2D eigenvalue weighted by Crippen LogP contribution is 2.50. The molecule has 5 heteroatoms. The Bertz CT molecular complexity index is 4040. The minimum Gasteiger partial charge on any atom is -0.309 e. The van der Waals surface area contributed by atoms with Crippen LogP contribution in [0.5, 0.6) is 0 Å². The van der Waals surface area contributed by atoms with Gasteiger partial charge in [0.1, 0.15) is 0 Å². The first kappa shape index (κ1) is 42.7. The topological polar surface area (TPSA) is 48.5 Å². The van der Waals surface area contributed by atoms with Gasteiger partial charge in [-0.25, -0.2) is 4.98 Å². The SMILES string of the molecule is CC1CC(C)(C)c2cc(-c3cccc(-c4ccccc4-n4c5ccccc5c5cc6c7ccccc7n(-c7nc(-c8ccccc8)nc(-c8ccccc8-c8ccccc8)n7)c6cc54)c3)ccc2C1(C)C. The summed E-state index contributed by atoms with van der Waals surface area (Å²) in [6.07, 6.45) is 1.17. The van der Waals surface area contributed by atoms with Gasteiger partial charge in [-0.05, 0) is 98.5 Å². The molecule has 342 valence electrons. The van der Waals surface area contributed by atoms with Crippen LogP contribution in [0.25, 0.3) is 111 Å². The maximum Gasteiger partial charge on any atom is 0.238 e. The molecule has 12 aromatic rings. The Labute approximate surface area is 414 Å². The standard InChI is InChI=1S/C66H53N5/c1-42-41-65(2,3)56-38-46(35-36-55(56)66(42,4)5)45-25-20-26-47(37-45)49-28-14-17-32-57(49)70-58-33-18-15-29-50(58)53-39-54-51-30-16-19-34-59(51)71(61(54)40-60(53)70)64-68-62(44-23-10-7-11-24-44)67-63(69-64)52-31-13-12-27-48(52)43-21-8-6-9-22-43/h6-40,42H,41H2,1-5H3. The molecule has 0 N–H and O–H groups in total. The van der Waals surface area contributed by atoms with Crippen molar-refractivity contribution in [3.8, 4) is 67.8 Å². The lowest BCUT2D eigenvalue weighted by Gasteiger charge is -2.46. The van der Waals surface area contributed by atoms with E-state index in [1.807, 2.05) is 24.3 Å². The van der Waals surface area contributed by atoms with Gasteiger partial charge < -0.3 is 4.57 Å². The largest absolute Gasteiger partial charge is 0.309 e. The molecule has 1 atom stereocenters. The van der Waals surface area contributed by atoms with Gasteiger partial charge in [0.2, 0.25) is 5.95 Å². The zero-order valence-corrected chi connectivity index (χ0v) is 40.7. The molecule has 1 aliphatic carbocycles. The minimum atomic E-state index is 0.0991. The quantitative estimate of drug-likeness (QED) is 0.160. The van der Waals surface area contributed by atoms with Crippen LogP contribution in [0, 0.1) is 5.92 Å². The minimum absolute atomic E-state index is 0.0991. The van der Waals surface area contributed by atoms with Crippen molar-refractivity contribution >= 4 is 43.6 Å². The second kappa shape index (κ2) is 16.4. The maximum absolute atomic E-state index is 5.42. The fraction of sp³-hybridized carbons (Fsp3) is 0.136. The van der Waals surface area contributed by atoms with Crippen molar-refractivity contribution in [3.63, 3.8) is 0 Å². The number of fused-ring (bicyclic) bond motifs is 7. The van der Waals surface area contributed by atoms with E-state index in [9.17, 15) is 0 Å². The first-order valence-corrected chi connectivity index (χ1v) is 24.9. The van der Waals surface area contributed by atoms with Crippen LogP contribution >= 0.6 is 0 Å². The zero-order chi connectivity index (χ0) is 48.0. The molecule has 0 spiro atoms. The van der Waals surface area contributed by atoms with E-state index >= 15 is 0 Å². The number of hydrogen-bond acceptors (Lipinski definition) is 3. The van der Waals surface area contributed by atoms with E-state index < -0.39 is 0 Å². The van der Waals surface area contributed by atoms with Crippen molar-refractivity contribution in [1.82, 2.24) is 24.1 Å². The molecule has 0 fully saturated rings. The van der Waals surface area contributed by atoms with Crippen molar-refractivity contribution in [2.24, 2.45) is 5.92 Å². The van der Waals surface area contributed by atoms with Crippen molar-refractivity contribution in [2.75, 3.05) is 0 Å². The Morgan fingerprint density at radius 3 is 1.66 bits per heavy atom. The lowest BCUT2D eigenvalue weighted by atomic mass is 9.58. The van der Waals surface area contributed by atoms with E-state index in [1.54, 1.807) is 0 Å². The summed E-state index contributed by atoms with van der Waals surface area (Å²) in [6, 6.07) is 76.6. The molecule has 0 bridgehead atoms. The first-order chi connectivity index (χ1) is 34.6. The molecule has 9 aromatic carbocycles. The number of rotatable bonds is 7. The van der Waals surface area contributed by atoms with Crippen molar-refractivity contribution in [1.29, 1.82) is 0 Å². The van der Waals surface area contributed by atoms with Crippen LogP contribution in [0.1, 0.15) is 52.2 Å². The summed E-state index contributed by atoms with van der Waals surface area (Å²) < 4.78 is 4.70. The number of para-hydroxylation sites is 3. The highest BCUT2D eigenvalue weighted by atomic mass is 15.2. The summed E-state index contributed by atoms with van der Waals surface area (Å²) in [5, 5.41) is 4.66. The van der Waals surface area contributed by atoms with Crippen LogP contribution < -0.4 is 0 Å². The smallest absolute Gasteiger partial charge is 0.238 e. The summed E-state index contributed by atoms with van der Waals surface area (Å²) in [7, 11) is 0. The Hall–Kier alpha value is -8.41. The third-order valence-corrected chi connectivity index (χ3v) is 15.7. The number of hydrogen-bond donors (Lipinski definition) is 0. The molecule has 0 aliphatic heterocycles. The van der Waals surface area contributed by atoms with E-state index in [4.69, 9.17) is 15.0 Å². The van der Waals surface area contributed by atoms with Gasteiger partial charge in [-0.3, -0.25) is 4.57 Å². The molecule has 0 saturated heterocycles. The highest BCUT2D eigenvalue weighted by molar-refractivity contribution is 6.19. The fourth-order valence-electron chi connectivity index (χ4n) is 11.8. The van der Waals surface area contributed by atoms with Crippen LogP contribution in [0.3, 0.4) is 0 Å². The molecule has 13 rings (SSSR count). The van der Waals surface area contributed by atoms with Gasteiger partial charge in [-0.1, -0.05) is 211 Å². The maximum atomic E-state index is 5.42. The van der Waals surface area contributed by atoms with Crippen molar-refractivity contribution in [2.45, 2.75) is 51.9 Å². The summed E-state index contributed by atoms with van der Waals surface area (Å²) in [5.41, 5.74) is 17.4. The molecular formula is C66H53N5. The third kappa shape index (κ3) is 6.93. The summed E-state index contributed by atoms with van der Waals surface area (Å²) in [4.78, 5) is 16.0. The van der Waals surface area contributed by atoms with Crippen molar-refractivity contribution < 1.29 is 0 Å². The van der Waals surface area contributed by atoms with Gasteiger partial charge >= 0.3 is 0 Å². The fourth-order valence-corrected chi connectivity index (χ4v) is 11.8. The Kier molecular flexibility index (Phi) is 9.83. The van der Waals surface area contributed by atoms with Crippen LogP contribution in [0.2, 0.25) is 0 Å². The summed E-state index contributed by atoms with van der Waals surface area (Å²) >= 11 is 0. The van der Waals surface area contributed by atoms with Gasteiger partial charge in [0.05, 0.1) is 27.8 Å². The van der Waals surface area contributed by atoms with Gasteiger partial charge in [-0.2, -0.15) is 9.97 Å². The monoisotopic (exact) mass is 915 g/mol. The second-order valence-electron chi connectivity index (χ2n) is 20.7. The Morgan fingerprint density at radius 2 is 0.930 bits per heavy atom. The van der Waals surface area contributed by atoms with Crippen molar-refractivity contribution in [3.05, 3.63) is 223 Å². The predicted octanol–water partition coefficient (Wildman–Crippen LogP) is 17.0. The highest BCUT2D eigenvalue weighted by Gasteiger charge is 2.42. The molecule has 3 aromatic heterocycles. The van der Waals surface area contributed by atoms with Crippen LogP contribution in [-0.2, 0) is 10.8 Å². The van der Waals surface area contributed by atoms with Gasteiger partial charge in [-0.15, -0.1) is 0 Å². The van der Waals surface area contributed by atoms with E-state index in [0.717, 1.165) is 66.3 Å². The molecule has 0 amide bonds. The summed E-state index contributed by atoms with van der Waals surface area (Å²) in [6.45, 7) is 12.1. The van der Waals surface area contributed by atoms with Crippen LogP contribution in [0.4, 0.5) is 0 Å². The molecular weight excluding hydrogens is 863 g/mol. The lowest BCUT2D eigenvalue weighted by Crippen LogP contribution is -2.40. The molecule has 1 unspecified atom stereocenters. The van der Waals surface area contributed by atoms with E-state index in [-0.39, 0.29) is 10.8 Å². The number of nitrogens with zero attached hydrogens (tertiary/aromatic N) is 5. The zero-order valence-electron chi connectivity index (χ0n) is 40.7. The molecule has 5 nitrogen and oxygen atoms in total. The van der Waals surface area contributed by atoms with E-state index in [1.165, 1.54) is 45.0 Å². The third-order valence-electron chi connectivity index (χ3n) is 15.7. The van der Waals surface area contributed by atoms with Crippen LogP contribution in [-0.4, -0.2) is 24.1 Å². The summed E-state index contributed by atoms with van der Waals surface area (Å²) in [5.74, 6) is 2.39. The Morgan fingerprint density at radius 1 is 0.380 bits per heavy atom. The first-order valence-electron chi connectivity index (χ1n) is 24.9. The number of benzene rings is 9. The van der Waals surface area contributed by atoms with E-state index in [2.05, 4.69) is 232 Å². The average molecular weight is 916 g/mol. The molecule has 3 heterocycles. The molecule has 71 heavy (non-hydrogen) atoms.